The largest absolute Gasteiger partial charge is 1.00 e. The van der Waals surface area contributed by atoms with E-state index in [2.05, 4.69) is 0 Å². The zero-order chi connectivity index (χ0) is 15.5. The fraction of sp³-hybridized carbons (Fsp3) is 0.182. The van der Waals surface area contributed by atoms with E-state index in [0.717, 1.165) is 18.2 Å². The number of hydrogen-bond donors (Lipinski definition) is 3. The van der Waals surface area contributed by atoms with Crippen molar-refractivity contribution in [3.8, 4) is 5.75 Å². The molecule has 0 saturated carbocycles. The van der Waals surface area contributed by atoms with Crippen molar-refractivity contribution in [2.24, 2.45) is 0 Å². The zero-order valence-corrected chi connectivity index (χ0v) is 17.0. The van der Waals surface area contributed by atoms with Crippen molar-refractivity contribution < 1.29 is 96.6 Å². The van der Waals surface area contributed by atoms with Crippen LogP contribution in [0.3, 0.4) is 0 Å². The molecule has 110 valence electrons. The molecule has 1 rings (SSSR count). The van der Waals surface area contributed by atoms with E-state index in [4.69, 9.17) is 19.5 Å². The molecule has 0 amide bonds. The molecule has 0 heterocycles. The third-order valence-corrected chi connectivity index (χ3v) is 3.16. The van der Waals surface area contributed by atoms with Gasteiger partial charge in [-0.25, -0.2) is 18.0 Å². The summed E-state index contributed by atoms with van der Waals surface area (Å²) in [7, 11) is -4.58. The van der Waals surface area contributed by atoms with E-state index >= 15 is 0 Å². The van der Waals surface area contributed by atoms with Crippen LogP contribution in [0.15, 0.2) is 18.2 Å². The molecule has 22 heavy (non-hydrogen) atoms. The molecule has 0 aliphatic heterocycles. The fourth-order valence-corrected chi connectivity index (χ4v) is 1.91. The monoisotopic (exact) mass is 349 g/mol. The Bertz CT molecular complexity index is 611. The van der Waals surface area contributed by atoms with Crippen LogP contribution in [0.1, 0.15) is 34.1 Å². The Morgan fingerprint density at radius 3 is 1.77 bits per heavy atom. The summed E-state index contributed by atoms with van der Waals surface area (Å²) >= 11 is 0. The summed E-state index contributed by atoms with van der Waals surface area (Å²) in [5.74, 6) is -3.11. The first-order valence-corrected chi connectivity index (χ1v) is 6.72. The molecule has 8 nitrogen and oxygen atoms in total. The number of hydrogen-bond acceptors (Lipinski definition) is 5. The maximum atomic E-state index is 11.0. The predicted octanol–water partition coefficient (Wildman–Crippen LogP) is -4.74. The Hall–Kier alpha value is -0.130. The summed E-state index contributed by atoms with van der Waals surface area (Å²) in [5, 5.41) is 17.7. The molecule has 0 bridgehead atoms. The molecule has 0 aliphatic rings. The first-order chi connectivity index (χ1) is 9.15. The predicted molar refractivity (Wildman–Crippen MR) is 66.1 cm³/mol. The number of carbonyl (C=O) groups is 2. The average molecular weight is 349 g/mol. The van der Waals surface area contributed by atoms with Crippen LogP contribution in [0.2, 0.25) is 0 Å². The molecule has 0 aliphatic carbocycles. The van der Waals surface area contributed by atoms with Gasteiger partial charge in [0.05, 0.1) is 16.9 Å². The summed E-state index contributed by atoms with van der Waals surface area (Å²) in [6.45, 7) is 1.39. The van der Waals surface area contributed by atoms with Crippen LogP contribution in [0.4, 0.5) is 0 Å². The molecule has 11 heteroatoms. The Balaban J connectivity index is 0. The van der Waals surface area contributed by atoms with Gasteiger partial charge < -0.3 is 19.5 Å². The summed E-state index contributed by atoms with van der Waals surface area (Å²) in [5.41, 5.74) is -1.48. The van der Waals surface area contributed by atoms with Crippen LogP contribution in [-0.4, -0.2) is 35.1 Å². The standard InChI is InChI=1S/C11H11O8S.2Na/c1-2-9(20(16,17)18)19-8-4-6(10(12)13)3-7(5-8)11(14)15;;/h3-5H,2H2,1H3,(H,12,13)(H,14,15)(H,16,17,18);;/q-1;2*+1. The number of benzene rings is 1. The molecule has 0 unspecified atom stereocenters. The maximum absolute atomic E-state index is 11.0. The van der Waals surface area contributed by atoms with E-state index in [1.165, 1.54) is 6.92 Å². The summed E-state index contributed by atoms with van der Waals surface area (Å²) in [4.78, 5) is 21.7. The first kappa shape index (κ1) is 24.1. The molecule has 1 aromatic carbocycles. The van der Waals surface area contributed by atoms with E-state index in [0.29, 0.717) is 0 Å². The minimum Gasteiger partial charge on any atom is -0.641 e. The quantitative estimate of drug-likeness (QED) is 0.264. The maximum Gasteiger partial charge on any atom is 1.00 e. The Labute approximate surface area is 171 Å². The number of ether oxygens (including phenoxy) is 1. The molecule has 0 fully saturated rings. The summed E-state index contributed by atoms with van der Waals surface area (Å²) in [6.07, 6.45) is -0.182. The minimum atomic E-state index is -4.58. The van der Waals surface area contributed by atoms with Gasteiger partial charge in [0.2, 0.25) is 0 Å². The molecular weight excluding hydrogens is 338 g/mol. The van der Waals surface area contributed by atoms with Crippen LogP contribution in [0, 0.1) is 5.44 Å². The van der Waals surface area contributed by atoms with Gasteiger partial charge in [-0.3, -0.25) is 0 Å². The number of carboxylic acids is 2. The second-order valence-corrected chi connectivity index (χ2v) is 5.06. The number of carboxylic acid groups (broad SMARTS) is 2. The van der Waals surface area contributed by atoms with Gasteiger partial charge in [-0.2, -0.15) is 0 Å². The van der Waals surface area contributed by atoms with Gasteiger partial charge in [-0.05, 0) is 23.6 Å². The SMILES string of the molecule is CC[C-](Oc1cc(C(=O)O)cc(C(=O)O)c1)S(=O)(=O)O.[Na+].[Na+]. The van der Waals surface area contributed by atoms with Crippen molar-refractivity contribution in [2.75, 3.05) is 0 Å². The molecule has 1 aromatic rings. The van der Waals surface area contributed by atoms with Gasteiger partial charge in [-0.1, -0.05) is 6.92 Å². The van der Waals surface area contributed by atoms with Crippen molar-refractivity contribution in [1.29, 1.82) is 0 Å². The Morgan fingerprint density at radius 1 is 1.09 bits per heavy atom. The van der Waals surface area contributed by atoms with Gasteiger partial charge in [0.25, 0.3) is 0 Å². The summed E-state index contributed by atoms with van der Waals surface area (Å²) in [6, 6.07) is 2.81. The van der Waals surface area contributed by atoms with E-state index < -0.39 is 27.5 Å². The average Bonchev–Trinajstić information content (AvgIpc) is 2.33. The molecule has 0 atom stereocenters. The molecular formula is C11H11Na2O8S+. The third-order valence-electron chi connectivity index (χ3n) is 2.21. The first-order valence-electron chi connectivity index (χ1n) is 5.28. The van der Waals surface area contributed by atoms with E-state index in [9.17, 15) is 18.0 Å². The topological polar surface area (TPSA) is 138 Å². The number of aromatic carboxylic acids is 2. The molecule has 3 N–H and O–H groups in total. The second-order valence-electron chi connectivity index (χ2n) is 3.66. The number of rotatable bonds is 6. The van der Waals surface area contributed by atoms with Crippen molar-refractivity contribution in [2.45, 2.75) is 13.3 Å². The van der Waals surface area contributed by atoms with Gasteiger partial charge in [0.1, 0.15) is 0 Å². The van der Waals surface area contributed by atoms with Gasteiger partial charge in [0, 0.05) is 0 Å². The molecule has 0 radical (unpaired) electrons. The second kappa shape index (κ2) is 9.89. The van der Waals surface area contributed by atoms with Crippen molar-refractivity contribution >= 4 is 22.1 Å². The summed E-state index contributed by atoms with van der Waals surface area (Å²) < 4.78 is 35.7. The van der Waals surface area contributed by atoms with Gasteiger partial charge in [0.15, 0.2) is 10.1 Å². The van der Waals surface area contributed by atoms with E-state index in [-0.39, 0.29) is 82.4 Å². The van der Waals surface area contributed by atoms with E-state index in [1.807, 2.05) is 0 Å². The Morgan fingerprint density at radius 2 is 1.50 bits per heavy atom. The third kappa shape index (κ3) is 6.97. The van der Waals surface area contributed by atoms with Crippen molar-refractivity contribution in [3.05, 3.63) is 34.8 Å². The van der Waals surface area contributed by atoms with Gasteiger partial charge >= 0.3 is 71.1 Å². The molecule has 0 saturated heterocycles. The van der Waals surface area contributed by atoms with Gasteiger partial charge in [-0.15, -0.1) is 6.42 Å². The normalized spacial score (nSPS) is 10.3. The fourth-order valence-electron chi connectivity index (χ4n) is 1.34. The molecule has 0 spiro atoms. The molecule has 0 aromatic heterocycles. The van der Waals surface area contributed by atoms with E-state index in [1.54, 1.807) is 0 Å². The van der Waals surface area contributed by atoms with Crippen LogP contribution in [0.5, 0.6) is 5.75 Å². The van der Waals surface area contributed by atoms with Crippen LogP contribution in [0.25, 0.3) is 0 Å². The van der Waals surface area contributed by atoms with Crippen LogP contribution < -0.4 is 63.9 Å². The van der Waals surface area contributed by atoms with Crippen molar-refractivity contribution in [3.63, 3.8) is 0 Å². The van der Waals surface area contributed by atoms with Crippen LogP contribution in [-0.2, 0) is 10.1 Å². The zero-order valence-electron chi connectivity index (χ0n) is 12.2. The smallest absolute Gasteiger partial charge is 0.641 e. The van der Waals surface area contributed by atoms with Crippen molar-refractivity contribution in [1.82, 2.24) is 0 Å². The van der Waals surface area contributed by atoms with Crippen LogP contribution >= 0.6 is 0 Å². The Kier molecular flexibility index (Phi) is 10.8. The minimum absolute atomic E-state index is 0.